The van der Waals surface area contributed by atoms with Crippen molar-refractivity contribution in [1.82, 2.24) is 0 Å². The van der Waals surface area contributed by atoms with Crippen LogP contribution in [0.3, 0.4) is 0 Å². The Balaban J connectivity index is 1.75. The molecule has 0 heterocycles. The van der Waals surface area contributed by atoms with E-state index in [1.165, 1.54) is 0 Å². The Morgan fingerprint density at radius 3 is 2.35 bits per heavy atom. The van der Waals surface area contributed by atoms with Gasteiger partial charge in [-0.2, -0.15) is 0 Å². The highest BCUT2D eigenvalue weighted by Crippen LogP contribution is 2.21. The number of carbonyl (C=O) groups is 1. The number of aryl methyl sites for hydroxylation is 1. The Bertz CT molecular complexity index is 591. The quantitative estimate of drug-likeness (QED) is 0.754. The molecule has 0 saturated carbocycles. The van der Waals surface area contributed by atoms with Crippen LogP contribution in [0.25, 0.3) is 0 Å². The zero-order valence-electron chi connectivity index (χ0n) is 13.3. The first-order valence-electron chi connectivity index (χ1n) is 7.79. The van der Waals surface area contributed by atoms with Crippen molar-refractivity contribution in [3.8, 4) is 11.5 Å². The maximum absolute atomic E-state index is 11.6. The van der Waals surface area contributed by atoms with Crippen molar-refractivity contribution in [1.29, 1.82) is 0 Å². The maximum atomic E-state index is 11.6. The van der Waals surface area contributed by atoms with Gasteiger partial charge in [0.15, 0.2) is 0 Å². The second-order valence-electron chi connectivity index (χ2n) is 5.42. The summed E-state index contributed by atoms with van der Waals surface area (Å²) in [5.74, 6) is 1.32. The Morgan fingerprint density at radius 2 is 1.70 bits per heavy atom. The van der Waals surface area contributed by atoms with Gasteiger partial charge in [-0.05, 0) is 43.2 Å². The van der Waals surface area contributed by atoms with Gasteiger partial charge in [0.2, 0.25) is 0 Å². The molecule has 0 amide bonds. The first-order valence-corrected chi connectivity index (χ1v) is 7.79. The fourth-order valence-electron chi connectivity index (χ4n) is 2.01. The number of hydrogen-bond acceptors (Lipinski definition) is 4. The minimum Gasteiger partial charge on any atom is -0.466 e. The van der Waals surface area contributed by atoms with Crippen LogP contribution in [0.4, 0.5) is 0 Å². The summed E-state index contributed by atoms with van der Waals surface area (Å²) in [6.07, 6.45) is 0.981. The molecular weight excluding hydrogens is 292 g/mol. The molecule has 23 heavy (non-hydrogen) atoms. The molecule has 0 radical (unpaired) electrons. The predicted molar refractivity (Wildman–Crippen MR) is 88.5 cm³/mol. The number of aliphatic hydroxyl groups excluding tert-OH is 1. The number of esters is 1. The molecule has 0 aromatic heterocycles. The zero-order valence-corrected chi connectivity index (χ0v) is 13.3. The van der Waals surface area contributed by atoms with E-state index < -0.39 is 6.10 Å². The molecule has 0 saturated heterocycles. The first kappa shape index (κ1) is 17.0. The first-order chi connectivity index (χ1) is 11.1. The lowest BCUT2D eigenvalue weighted by Crippen LogP contribution is -2.11. The lowest BCUT2D eigenvalue weighted by atomic mass is 10.1. The Morgan fingerprint density at radius 1 is 1.04 bits per heavy atom. The number of hydrogen-bond donors (Lipinski definition) is 1. The molecule has 1 N–H and O–H groups in total. The lowest BCUT2D eigenvalue weighted by molar-refractivity contribution is -0.144. The Labute approximate surface area is 136 Å². The number of rotatable bonds is 8. The summed E-state index contributed by atoms with van der Waals surface area (Å²) in [5.41, 5.74) is 1.05. The Kier molecular flexibility index (Phi) is 6.63. The van der Waals surface area contributed by atoms with Crippen molar-refractivity contribution >= 4 is 5.97 Å². The average molecular weight is 314 g/mol. The normalized spacial score (nSPS) is 11.7. The van der Waals surface area contributed by atoms with E-state index in [1.807, 2.05) is 54.6 Å². The highest BCUT2D eigenvalue weighted by atomic mass is 16.5. The van der Waals surface area contributed by atoms with E-state index in [4.69, 9.17) is 14.6 Å². The van der Waals surface area contributed by atoms with Crippen LogP contribution < -0.4 is 4.74 Å². The number of ether oxygens (including phenoxy) is 2. The van der Waals surface area contributed by atoms with Crippen LogP contribution in [0.5, 0.6) is 11.5 Å². The van der Waals surface area contributed by atoms with Gasteiger partial charge in [-0.15, -0.1) is 0 Å². The van der Waals surface area contributed by atoms with E-state index in [0.29, 0.717) is 19.3 Å². The van der Waals surface area contributed by atoms with Crippen molar-refractivity contribution in [3.05, 3.63) is 60.2 Å². The molecule has 0 bridgehead atoms. The fraction of sp³-hybridized carbons (Fsp3) is 0.316. The maximum Gasteiger partial charge on any atom is 0.306 e. The Hall–Kier alpha value is -2.33. The molecule has 2 aromatic carbocycles. The van der Waals surface area contributed by atoms with Gasteiger partial charge >= 0.3 is 5.97 Å². The van der Waals surface area contributed by atoms with Crippen LogP contribution in [-0.4, -0.2) is 23.8 Å². The molecule has 0 aliphatic carbocycles. The van der Waals surface area contributed by atoms with E-state index in [2.05, 4.69) is 0 Å². The van der Waals surface area contributed by atoms with Gasteiger partial charge in [0.1, 0.15) is 11.5 Å². The third-order valence-electron chi connectivity index (χ3n) is 3.32. The highest BCUT2D eigenvalue weighted by molar-refractivity contribution is 5.69. The largest absolute Gasteiger partial charge is 0.466 e. The third-order valence-corrected chi connectivity index (χ3v) is 3.32. The molecule has 1 atom stereocenters. The van der Waals surface area contributed by atoms with Crippen molar-refractivity contribution in [3.63, 3.8) is 0 Å². The monoisotopic (exact) mass is 314 g/mol. The second-order valence-corrected chi connectivity index (χ2v) is 5.42. The van der Waals surface area contributed by atoms with Crippen molar-refractivity contribution in [2.45, 2.75) is 32.3 Å². The molecule has 4 heteroatoms. The molecule has 0 aliphatic rings. The lowest BCUT2D eigenvalue weighted by Gasteiger charge is -2.08. The van der Waals surface area contributed by atoms with Gasteiger partial charge in [0.25, 0.3) is 0 Å². The van der Waals surface area contributed by atoms with Gasteiger partial charge in [0.05, 0.1) is 12.7 Å². The zero-order chi connectivity index (χ0) is 16.5. The molecule has 0 aliphatic heterocycles. The molecular formula is C19H22O4. The minimum atomic E-state index is -0.444. The van der Waals surface area contributed by atoms with Gasteiger partial charge in [-0.25, -0.2) is 0 Å². The minimum absolute atomic E-state index is 0.240. The number of para-hydroxylation sites is 1. The van der Waals surface area contributed by atoms with E-state index in [9.17, 15) is 4.79 Å². The summed E-state index contributed by atoms with van der Waals surface area (Å²) in [7, 11) is 0. The van der Waals surface area contributed by atoms with Gasteiger partial charge < -0.3 is 14.6 Å². The van der Waals surface area contributed by atoms with Gasteiger partial charge in [-0.1, -0.05) is 30.3 Å². The van der Waals surface area contributed by atoms with E-state index in [-0.39, 0.29) is 12.6 Å². The summed E-state index contributed by atoms with van der Waals surface area (Å²) in [6, 6.07) is 17.3. The molecule has 0 fully saturated rings. The second kappa shape index (κ2) is 8.96. The van der Waals surface area contributed by atoms with E-state index in [0.717, 1.165) is 17.1 Å². The highest BCUT2D eigenvalue weighted by Gasteiger charge is 2.05. The fourth-order valence-corrected chi connectivity index (χ4v) is 2.01. The van der Waals surface area contributed by atoms with Crippen LogP contribution in [0.15, 0.2) is 54.6 Å². The van der Waals surface area contributed by atoms with Crippen LogP contribution in [-0.2, 0) is 16.0 Å². The predicted octanol–water partition coefficient (Wildman–Crippen LogP) is 3.73. The standard InChI is InChI=1S/C19H22O4/c1-15(20)13-14-22-19(21)12-9-16-7-10-18(11-8-16)23-17-5-3-2-4-6-17/h2-8,10-11,15,20H,9,12-14H2,1H3. The SMILES string of the molecule is CC(O)CCOC(=O)CCc1ccc(Oc2ccccc2)cc1. The molecule has 0 spiro atoms. The molecule has 122 valence electrons. The molecule has 2 rings (SSSR count). The number of carbonyl (C=O) groups excluding carboxylic acids is 1. The van der Waals surface area contributed by atoms with Crippen LogP contribution in [0.2, 0.25) is 0 Å². The summed E-state index contributed by atoms with van der Waals surface area (Å²) in [6.45, 7) is 1.94. The average Bonchev–Trinajstić information content (AvgIpc) is 2.55. The van der Waals surface area contributed by atoms with Crippen molar-refractivity contribution in [2.24, 2.45) is 0 Å². The summed E-state index contributed by atoms with van der Waals surface area (Å²) in [4.78, 5) is 11.6. The molecule has 1 unspecified atom stereocenters. The molecule has 4 nitrogen and oxygen atoms in total. The van der Waals surface area contributed by atoms with Crippen LogP contribution in [0.1, 0.15) is 25.3 Å². The number of aliphatic hydroxyl groups is 1. The van der Waals surface area contributed by atoms with Crippen molar-refractivity contribution < 1.29 is 19.4 Å². The summed E-state index contributed by atoms with van der Waals surface area (Å²) in [5, 5.41) is 9.10. The molecule has 2 aromatic rings. The smallest absolute Gasteiger partial charge is 0.306 e. The summed E-state index contributed by atoms with van der Waals surface area (Å²) < 4.78 is 10.8. The van der Waals surface area contributed by atoms with Crippen molar-refractivity contribution in [2.75, 3.05) is 6.61 Å². The van der Waals surface area contributed by atoms with Crippen LogP contribution in [0, 0.1) is 0 Å². The number of benzene rings is 2. The third kappa shape index (κ3) is 6.53. The van der Waals surface area contributed by atoms with E-state index >= 15 is 0 Å². The van der Waals surface area contributed by atoms with Crippen LogP contribution >= 0.6 is 0 Å². The summed E-state index contributed by atoms with van der Waals surface area (Å²) >= 11 is 0. The topological polar surface area (TPSA) is 55.8 Å². The van der Waals surface area contributed by atoms with E-state index in [1.54, 1.807) is 6.92 Å². The van der Waals surface area contributed by atoms with Gasteiger partial charge in [0, 0.05) is 12.8 Å². The van der Waals surface area contributed by atoms with Gasteiger partial charge in [-0.3, -0.25) is 4.79 Å².